The van der Waals surface area contributed by atoms with Crippen molar-refractivity contribution >= 4 is 23.2 Å². The summed E-state index contributed by atoms with van der Waals surface area (Å²) < 4.78 is 1.75. The zero-order chi connectivity index (χ0) is 27.5. The molecule has 3 aliphatic rings. The van der Waals surface area contributed by atoms with E-state index in [1.807, 2.05) is 41.4 Å². The number of rotatable bonds is 4. The van der Waals surface area contributed by atoms with Crippen LogP contribution in [0.1, 0.15) is 64.7 Å². The SMILES string of the molecule is O=C1CCNc2c1c(C1CC3CCC(C1)N3C(=O)c1nnc[nH]1)nc1c(-c3ccc(-c4ccccn4)nc3)cnn21. The van der Waals surface area contributed by atoms with Gasteiger partial charge >= 0.3 is 0 Å². The van der Waals surface area contributed by atoms with E-state index >= 15 is 0 Å². The van der Waals surface area contributed by atoms with E-state index in [0.717, 1.165) is 53.9 Å². The number of aromatic nitrogens is 8. The Hall–Kier alpha value is -5.00. The molecule has 2 unspecified atom stereocenters. The third-order valence-electron chi connectivity index (χ3n) is 8.57. The van der Waals surface area contributed by atoms with Gasteiger partial charge in [0.25, 0.3) is 5.91 Å². The molecule has 2 bridgehead atoms. The molecule has 41 heavy (non-hydrogen) atoms. The van der Waals surface area contributed by atoms with E-state index in [-0.39, 0.29) is 35.5 Å². The van der Waals surface area contributed by atoms with Crippen LogP contribution in [0.2, 0.25) is 0 Å². The van der Waals surface area contributed by atoms with Crippen molar-refractivity contribution in [3.63, 3.8) is 0 Å². The number of carbonyl (C=O) groups excluding carboxylic acids is 2. The number of anilines is 1. The first-order chi connectivity index (χ1) is 20.2. The third-order valence-corrected chi connectivity index (χ3v) is 8.57. The lowest BCUT2D eigenvalue weighted by Crippen LogP contribution is -2.46. The Labute approximate surface area is 234 Å². The second kappa shape index (κ2) is 9.29. The predicted octanol–water partition coefficient (Wildman–Crippen LogP) is 3.52. The summed E-state index contributed by atoms with van der Waals surface area (Å²) in [5.41, 5.74) is 5.42. The molecule has 12 heteroatoms. The quantitative estimate of drug-likeness (QED) is 0.345. The van der Waals surface area contributed by atoms with Crippen LogP contribution in [0.25, 0.3) is 28.2 Å². The van der Waals surface area contributed by atoms with Crippen LogP contribution in [-0.4, -0.2) is 75.0 Å². The van der Waals surface area contributed by atoms with E-state index in [1.165, 1.54) is 6.33 Å². The Balaban J connectivity index is 1.18. The first-order valence-corrected chi connectivity index (χ1v) is 13.9. The number of Topliss-reactive ketones (excluding diaryl/α,β-unsaturated/α-hetero) is 1. The number of carbonyl (C=O) groups is 2. The third kappa shape index (κ3) is 3.81. The van der Waals surface area contributed by atoms with E-state index in [4.69, 9.17) is 4.98 Å². The lowest BCUT2D eigenvalue weighted by atomic mass is 9.84. The summed E-state index contributed by atoms with van der Waals surface area (Å²) >= 11 is 0. The van der Waals surface area contributed by atoms with Crippen molar-refractivity contribution in [2.45, 2.75) is 50.1 Å². The predicted molar refractivity (Wildman–Crippen MR) is 148 cm³/mol. The maximum absolute atomic E-state index is 13.3. The molecule has 2 saturated heterocycles. The molecule has 3 aliphatic heterocycles. The normalized spacial score (nSPS) is 21.6. The highest BCUT2D eigenvalue weighted by Crippen LogP contribution is 2.45. The van der Waals surface area contributed by atoms with E-state index in [9.17, 15) is 9.59 Å². The fourth-order valence-corrected chi connectivity index (χ4v) is 6.75. The smallest absolute Gasteiger partial charge is 0.292 e. The molecular formula is C29H26N10O2. The largest absolute Gasteiger partial charge is 0.369 e. The Kier molecular flexibility index (Phi) is 5.40. The van der Waals surface area contributed by atoms with Gasteiger partial charge in [0.1, 0.15) is 12.1 Å². The van der Waals surface area contributed by atoms with Gasteiger partial charge in [-0.1, -0.05) is 12.1 Å². The number of ketones is 1. The van der Waals surface area contributed by atoms with E-state index in [0.29, 0.717) is 30.0 Å². The number of hydrogen-bond acceptors (Lipinski definition) is 9. The summed E-state index contributed by atoms with van der Waals surface area (Å²) in [6.45, 7) is 0.551. The van der Waals surface area contributed by atoms with Crippen LogP contribution in [0, 0.1) is 0 Å². The summed E-state index contributed by atoms with van der Waals surface area (Å²) in [6.07, 6.45) is 10.5. The van der Waals surface area contributed by atoms with Gasteiger partial charge in [-0.05, 0) is 43.9 Å². The molecule has 2 N–H and O–H groups in total. The molecule has 2 atom stereocenters. The van der Waals surface area contributed by atoms with Crippen LogP contribution >= 0.6 is 0 Å². The highest BCUT2D eigenvalue weighted by Gasteiger charge is 2.46. The second-order valence-corrected chi connectivity index (χ2v) is 10.9. The lowest BCUT2D eigenvalue weighted by Gasteiger charge is -2.39. The fourth-order valence-electron chi connectivity index (χ4n) is 6.75. The van der Waals surface area contributed by atoms with Gasteiger partial charge in [-0.15, -0.1) is 10.2 Å². The number of piperidine rings is 1. The average Bonchev–Trinajstić information content (AvgIpc) is 3.76. The van der Waals surface area contributed by atoms with Gasteiger partial charge in [0.05, 0.1) is 28.8 Å². The standard InChI is InChI=1S/C29H26N10O2/c40-23-8-10-31-28-24(23)25(17-11-18-5-6-19(12-17)38(18)29(41)26-33-15-34-37-26)36-27-20(14-35-39(27)28)16-4-7-22(32-13-16)21-3-1-2-9-30-21/h1-4,7,9,13-15,17-19,31H,5-6,8,10-12H2,(H,33,34,37). The van der Waals surface area contributed by atoms with Gasteiger partial charge in [-0.3, -0.25) is 19.6 Å². The molecule has 0 aromatic carbocycles. The summed E-state index contributed by atoms with van der Waals surface area (Å²) in [5.74, 6) is 0.966. The van der Waals surface area contributed by atoms with Gasteiger partial charge in [-0.2, -0.15) is 9.61 Å². The summed E-state index contributed by atoms with van der Waals surface area (Å²) in [5, 5.41) is 15.8. The van der Waals surface area contributed by atoms with Crippen molar-refractivity contribution < 1.29 is 9.59 Å². The Bertz CT molecular complexity index is 1770. The Morgan fingerprint density at radius 3 is 2.59 bits per heavy atom. The molecule has 8 heterocycles. The van der Waals surface area contributed by atoms with Gasteiger partial charge < -0.3 is 15.2 Å². The molecule has 204 valence electrons. The molecule has 0 radical (unpaired) electrons. The van der Waals surface area contributed by atoms with Crippen LogP contribution in [-0.2, 0) is 0 Å². The molecule has 0 spiro atoms. The minimum atomic E-state index is -0.114. The second-order valence-electron chi connectivity index (χ2n) is 10.9. The highest BCUT2D eigenvalue weighted by molar-refractivity contribution is 6.04. The molecule has 1 amide bonds. The van der Waals surface area contributed by atoms with Crippen LogP contribution in [0.4, 0.5) is 5.82 Å². The van der Waals surface area contributed by atoms with Crippen molar-refractivity contribution in [2.24, 2.45) is 0 Å². The molecule has 5 aromatic rings. The summed E-state index contributed by atoms with van der Waals surface area (Å²) in [7, 11) is 0. The topological polar surface area (TPSA) is 147 Å². The zero-order valence-corrected chi connectivity index (χ0v) is 22.1. The molecule has 5 aromatic heterocycles. The number of H-pyrrole nitrogens is 1. The maximum atomic E-state index is 13.3. The minimum Gasteiger partial charge on any atom is -0.369 e. The first-order valence-electron chi connectivity index (χ1n) is 13.9. The van der Waals surface area contributed by atoms with E-state index in [2.05, 4.69) is 35.6 Å². The first kappa shape index (κ1) is 23.9. The fraction of sp³-hybridized carbons (Fsp3) is 0.310. The van der Waals surface area contributed by atoms with Gasteiger partial charge in [0.15, 0.2) is 11.4 Å². The zero-order valence-electron chi connectivity index (χ0n) is 22.1. The number of hydrogen-bond donors (Lipinski definition) is 2. The number of pyridine rings is 2. The lowest BCUT2D eigenvalue weighted by molar-refractivity contribution is 0.0556. The maximum Gasteiger partial charge on any atom is 0.292 e. The number of amides is 1. The van der Waals surface area contributed by atoms with Gasteiger partial charge in [0.2, 0.25) is 5.82 Å². The molecule has 0 aliphatic carbocycles. The number of aromatic amines is 1. The Morgan fingerprint density at radius 2 is 1.85 bits per heavy atom. The van der Waals surface area contributed by atoms with Crippen molar-refractivity contribution in [3.05, 3.63) is 72.3 Å². The van der Waals surface area contributed by atoms with E-state index in [1.54, 1.807) is 16.9 Å². The molecule has 0 saturated carbocycles. The van der Waals surface area contributed by atoms with Crippen molar-refractivity contribution in [3.8, 4) is 22.5 Å². The molecular weight excluding hydrogens is 520 g/mol. The van der Waals surface area contributed by atoms with E-state index < -0.39 is 0 Å². The van der Waals surface area contributed by atoms with Gasteiger partial charge in [-0.25, -0.2) is 4.98 Å². The van der Waals surface area contributed by atoms with Crippen LogP contribution in [0.3, 0.4) is 0 Å². The molecule has 12 nitrogen and oxygen atoms in total. The van der Waals surface area contributed by atoms with Crippen molar-refractivity contribution in [2.75, 3.05) is 11.9 Å². The van der Waals surface area contributed by atoms with Crippen molar-refractivity contribution in [1.29, 1.82) is 0 Å². The van der Waals surface area contributed by atoms with Crippen LogP contribution < -0.4 is 5.32 Å². The molecule has 2 fully saturated rings. The molecule has 8 rings (SSSR count). The van der Waals surface area contributed by atoms with Gasteiger partial charge in [0, 0.05) is 54.5 Å². The summed E-state index contributed by atoms with van der Waals surface area (Å²) in [6, 6.07) is 9.81. The van der Waals surface area contributed by atoms with Crippen molar-refractivity contribution in [1.82, 2.24) is 44.6 Å². The number of nitrogens with zero attached hydrogens (tertiary/aromatic N) is 8. The summed E-state index contributed by atoms with van der Waals surface area (Å²) in [4.78, 5) is 45.5. The minimum absolute atomic E-state index is 0.0429. The number of fused-ring (bicyclic) bond motifs is 5. The monoisotopic (exact) mass is 546 g/mol. The Morgan fingerprint density at radius 1 is 1.00 bits per heavy atom. The average molecular weight is 547 g/mol. The van der Waals surface area contributed by atoms with Crippen LogP contribution in [0.15, 0.2) is 55.2 Å². The van der Waals surface area contributed by atoms with Crippen LogP contribution in [0.5, 0.6) is 0 Å². The number of nitrogens with one attached hydrogen (secondary N) is 2. The highest BCUT2D eigenvalue weighted by atomic mass is 16.2.